The first-order valence-corrected chi connectivity index (χ1v) is 10.9. The van der Waals surface area contributed by atoms with Gasteiger partial charge in [-0.2, -0.15) is 10.2 Å². The standard InChI is InChI=1S/C22H26N6O3/c1-2-31-22(30)18-14-24-27-9-5-15(11-19(18)27)25-21(29)17-13-23-28-10-6-16(12-20(17)28)26-7-3-4-8-26/h6,10,12-15H,2-5,7-9,11H2,1H3,(H,25,29). The van der Waals surface area contributed by atoms with Gasteiger partial charge in [0.2, 0.25) is 0 Å². The lowest BCUT2D eigenvalue weighted by atomic mass is 10.0. The zero-order chi connectivity index (χ0) is 21.4. The lowest BCUT2D eigenvalue weighted by Crippen LogP contribution is -2.40. The van der Waals surface area contributed by atoms with Gasteiger partial charge in [0.05, 0.1) is 35.8 Å². The third kappa shape index (κ3) is 3.64. The first-order valence-electron chi connectivity index (χ1n) is 10.9. The molecule has 0 radical (unpaired) electrons. The number of nitrogens with one attached hydrogen (secondary N) is 1. The van der Waals surface area contributed by atoms with Gasteiger partial charge in [0, 0.05) is 44.0 Å². The normalized spacial score (nSPS) is 18.2. The van der Waals surface area contributed by atoms with Crippen LogP contribution in [0.15, 0.2) is 30.7 Å². The van der Waals surface area contributed by atoms with E-state index in [0.29, 0.717) is 30.7 Å². The van der Waals surface area contributed by atoms with Crippen molar-refractivity contribution in [2.45, 2.75) is 45.2 Å². The Morgan fingerprint density at radius 2 is 1.97 bits per heavy atom. The average molecular weight is 422 g/mol. The highest BCUT2D eigenvalue weighted by molar-refractivity contribution is 6.01. The van der Waals surface area contributed by atoms with Gasteiger partial charge < -0.3 is 15.0 Å². The van der Waals surface area contributed by atoms with Gasteiger partial charge in [-0.05, 0) is 38.3 Å². The Bertz CT molecular complexity index is 1130. The molecule has 5 heterocycles. The number of carbonyl (C=O) groups excluding carboxylic acids is 2. The third-order valence-electron chi connectivity index (χ3n) is 6.13. The molecule has 1 fully saturated rings. The Balaban J connectivity index is 1.34. The Labute approximate surface area is 180 Å². The van der Waals surface area contributed by atoms with Gasteiger partial charge in [0.1, 0.15) is 5.56 Å². The first kappa shape index (κ1) is 19.6. The maximum absolute atomic E-state index is 13.1. The largest absolute Gasteiger partial charge is 0.462 e. The third-order valence-corrected chi connectivity index (χ3v) is 6.13. The van der Waals surface area contributed by atoms with Crippen molar-refractivity contribution in [3.05, 3.63) is 47.5 Å². The number of aryl methyl sites for hydroxylation is 1. The van der Waals surface area contributed by atoms with Gasteiger partial charge in [0.15, 0.2) is 0 Å². The van der Waals surface area contributed by atoms with Gasteiger partial charge >= 0.3 is 5.97 Å². The molecule has 0 saturated carbocycles. The van der Waals surface area contributed by atoms with Crippen LogP contribution in [0.2, 0.25) is 0 Å². The highest BCUT2D eigenvalue weighted by Crippen LogP contribution is 2.24. The van der Waals surface area contributed by atoms with E-state index in [2.05, 4.69) is 20.4 Å². The molecule has 1 atom stereocenters. The summed E-state index contributed by atoms with van der Waals surface area (Å²) < 4.78 is 8.70. The molecule has 2 aliphatic heterocycles. The van der Waals surface area contributed by atoms with Crippen molar-refractivity contribution >= 4 is 23.1 Å². The number of pyridine rings is 1. The number of fused-ring (bicyclic) bond motifs is 2. The van der Waals surface area contributed by atoms with E-state index >= 15 is 0 Å². The van der Waals surface area contributed by atoms with Crippen LogP contribution in [0.25, 0.3) is 5.52 Å². The minimum Gasteiger partial charge on any atom is -0.462 e. The summed E-state index contributed by atoms with van der Waals surface area (Å²) in [5, 5.41) is 11.8. The van der Waals surface area contributed by atoms with Crippen molar-refractivity contribution in [2.75, 3.05) is 24.6 Å². The summed E-state index contributed by atoms with van der Waals surface area (Å²) in [5.74, 6) is -0.517. The molecule has 5 rings (SSSR count). The van der Waals surface area contributed by atoms with E-state index in [1.54, 1.807) is 23.8 Å². The van der Waals surface area contributed by atoms with Crippen LogP contribution < -0.4 is 10.2 Å². The van der Waals surface area contributed by atoms with Gasteiger partial charge in [-0.15, -0.1) is 0 Å². The Morgan fingerprint density at radius 3 is 2.77 bits per heavy atom. The van der Waals surface area contributed by atoms with Crippen molar-refractivity contribution < 1.29 is 14.3 Å². The molecule has 1 amide bonds. The van der Waals surface area contributed by atoms with Crippen molar-refractivity contribution in [3.63, 3.8) is 0 Å². The van der Waals surface area contributed by atoms with E-state index in [1.807, 2.05) is 23.0 Å². The molecule has 31 heavy (non-hydrogen) atoms. The van der Waals surface area contributed by atoms with Crippen LogP contribution in [-0.4, -0.2) is 57.0 Å². The van der Waals surface area contributed by atoms with Crippen LogP contribution in [0.1, 0.15) is 52.6 Å². The molecule has 0 aromatic carbocycles. The molecule has 0 aliphatic carbocycles. The SMILES string of the molecule is CCOC(=O)c1cnn2c1CC(NC(=O)c1cnn3ccc(N4CCCC4)cc13)CC2. The number of esters is 1. The lowest BCUT2D eigenvalue weighted by molar-refractivity contribution is 0.0524. The van der Waals surface area contributed by atoms with Crippen LogP contribution >= 0.6 is 0 Å². The van der Waals surface area contributed by atoms with Crippen LogP contribution in [0, 0.1) is 0 Å². The maximum atomic E-state index is 13.1. The van der Waals surface area contributed by atoms with Crippen LogP contribution in [-0.2, 0) is 17.7 Å². The van der Waals surface area contributed by atoms with E-state index in [4.69, 9.17) is 4.74 Å². The summed E-state index contributed by atoms with van der Waals surface area (Å²) in [6, 6.07) is 4.01. The van der Waals surface area contributed by atoms with Crippen LogP contribution in [0.4, 0.5) is 5.69 Å². The Hall–Kier alpha value is -3.36. The van der Waals surface area contributed by atoms with E-state index in [1.165, 1.54) is 12.8 Å². The average Bonchev–Trinajstić information content (AvgIpc) is 3.52. The van der Waals surface area contributed by atoms with Crippen molar-refractivity contribution in [1.29, 1.82) is 0 Å². The molecule has 0 spiro atoms. The number of hydrogen-bond donors (Lipinski definition) is 1. The number of amides is 1. The van der Waals surface area contributed by atoms with E-state index in [-0.39, 0.29) is 17.9 Å². The molecule has 9 nitrogen and oxygen atoms in total. The highest BCUT2D eigenvalue weighted by atomic mass is 16.5. The van der Waals surface area contributed by atoms with Crippen LogP contribution in [0.3, 0.4) is 0 Å². The number of ether oxygens (including phenoxy) is 1. The number of rotatable bonds is 5. The zero-order valence-electron chi connectivity index (χ0n) is 17.6. The molecule has 2 aliphatic rings. The van der Waals surface area contributed by atoms with Crippen molar-refractivity contribution in [2.24, 2.45) is 0 Å². The Morgan fingerprint density at radius 1 is 1.16 bits per heavy atom. The second-order valence-corrected chi connectivity index (χ2v) is 8.08. The van der Waals surface area contributed by atoms with E-state index in [0.717, 1.165) is 36.4 Å². The zero-order valence-corrected chi connectivity index (χ0v) is 17.6. The first-order chi connectivity index (χ1) is 15.1. The lowest BCUT2D eigenvalue weighted by Gasteiger charge is -2.25. The molecular weight excluding hydrogens is 396 g/mol. The Kier molecular flexibility index (Phi) is 5.09. The number of aromatic nitrogens is 4. The monoisotopic (exact) mass is 422 g/mol. The fraction of sp³-hybridized carbons (Fsp3) is 0.455. The molecule has 3 aromatic heterocycles. The van der Waals surface area contributed by atoms with Gasteiger partial charge in [-0.1, -0.05) is 0 Å². The minimum absolute atomic E-state index is 0.0819. The predicted molar refractivity (Wildman–Crippen MR) is 114 cm³/mol. The predicted octanol–water partition coefficient (Wildman–Crippen LogP) is 2.05. The summed E-state index contributed by atoms with van der Waals surface area (Å²) in [6.45, 7) is 4.84. The van der Waals surface area contributed by atoms with Gasteiger partial charge in [-0.3, -0.25) is 9.48 Å². The quantitative estimate of drug-likeness (QED) is 0.633. The van der Waals surface area contributed by atoms with Crippen molar-refractivity contribution in [3.8, 4) is 0 Å². The molecule has 162 valence electrons. The number of anilines is 1. The fourth-order valence-electron chi connectivity index (χ4n) is 4.51. The smallest absolute Gasteiger partial charge is 0.341 e. The highest BCUT2D eigenvalue weighted by Gasteiger charge is 2.27. The summed E-state index contributed by atoms with van der Waals surface area (Å²) in [7, 11) is 0. The fourth-order valence-corrected chi connectivity index (χ4v) is 4.51. The van der Waals surface area contributed by atoms with E-state index in [9.17, 15) is 9.59 Å². The van der Waals surface area contributed by atoms with Crippen LogP contribution in [0.5, 0.6) is 0 Å². The number of carbonyl (C=O) groups is 2. The topological polar surface area (TPSA) is 93.8 Å². The molecule has 3 aromatic rings. The number of hydrogen-bond acceptors (Lipinski definition) is 6. The molecule has 1 N–H and O–H groups in total. The second kappa shape index (κ2) is 8.05. The summed E-state index contributed by atoms with van der Waals surface area (Å²) in [5.41, 5.74) is 3.78. The molecular formula is C22H26N6O3. The van der Waals surface area contributed by atoms with E-state index < -0.39 is 0 Å². The number of nitrogens with zero attached hydrogens (tertiary/aromatic N) is 5. The van der Waals surface area contributed by atoms with Gasteiger partial charge in [0.25, 0.3) is 5.91 Å². The molecule has 1 saturated heterocycles. The minimum atomic E-state index is -0.368. The molecule has 1 unspecified atom stereocenters. The molecule has 0 bridgehead atoms. The van der Waals surface area contributed by atoms with Crippen molar-refractivity contribution in [1.82, 2.24) is 24.7 Å². The second-order valence-electron chi connectivity index (χ2n) is 8.08. The summed E-state index contributed by atoms with van der Waals surface area (Å²) >= 11 is 0. The summed E-state index contributed by atoms with van der Waals surface area (Å²) in [6.07, 6.45) is 8.77. The maximum Gasteiger partial charge on any atom is 0.341 e. The van der Waals surface area contributed by atoms with Gasteiger partial charge in [-0.25, -0.2) is 9.31 Å². The summed E-state index contributed by atoms with van der Waals surface area (Å²) in [4.78, 5) is 27.6. The molecule has 9 heteroatoms.